The molecule has 0 spiro atoms. The average Bonchev–Trinajstić information content (AvgIpc) is 2.86. The van der Waals surface area contributed by atoms with E-state index >= 15 is 0 Å². The highest BCUT2D eigenvalue weighted by Crippen LogP contribution is 2.36. The monoisotopic (exact) mass is 530 g/mol. The average molecular weight is 531 g/mol. The van der Waals surface area contributed by atoms with Gasteiger partial charge in [-0.2, -0.15) is 0 Å². The Bertz CT molecular complexity index is 994. The third-order valence-electron chi connectivity index (χ3n) is 6.91. The molecule has 5 nitrogen and oxygen atoms in total. The van der Waals surface area contributed by atoms with Crippen molar-refractivity contribution in [3.05, 3.63) is 64.4 Å². The Morgan fingerprint density at radius 1 is 0.912 bits per heavy atom. The van der Waals surface area contributed by atoms with E-state index in [0.717, 1.165) is 48.8 Å². The summed E-state index contributed by atoms with van der Waals surface area (Å²) in [4.78, 5) is 30.3. The minimum absolute atomic E-state index is 0.0585. The summed E-state index contributed by atoms with van der Waals surface area (Å²) in [5, 5.41) is 0. The molecule has 2 fully saturated rings. The maximum Gasteiger partial charge on any atom is 0.227 e. The first-order chi connectivity index (χ1) is 16.4. The molecule has 0 aromatic heterocycles. The number of amides is 2. The summed E-state index contributed by atoms with van der Waals surface area (Å²) in [6.45, 7) is 3.09. The van der Waals surface area contributed by atoms with Crippen molar-refractivity contribution in [1.29, 1.82) is 0 Å². The lowest BCUT2D eigenvalue weighted by Crippen LogP contribution is -2.51. The number of halogens is 2. The lowest BCUT2D eigenvalue weighted by molar-refractivity contribution is -0.141. The molecule has 2 heterocycles. The summed E-state index contributed by atoms with van der Waals surface area (Å²) < 4.78 is 20.3. The van der Waals surface area contributed by atoms with Crippen molar-refractivity contribution in [3.63, 3.8) is 0 Å². The molecule has 0 unspecified atom stereocenters. The lowest BCUT2D eigenvalue weighted by atomic mass is 9.77. The van der Waals surface area contributed by atoms with Gasteiger partial charge in [-0.05, 0) is 68.0 Å². The second-order valence-electron chi connectivity index (χ2n) is 9.55. The van der Waals surface area contributed by atoms with Crippen LogP contribution in [0.4, 0.5) is 4.39 Å². The summed E-state index contributed by atoms with van der Waals surface area (Å²) in [5.41, 5.74) is 0.487. The van der Waals surface area contributed by atoms with Crippen LogP contribution in [0, 0.1) is 11.2 Å². The van der Waals surface area contributed by atoms with Gasteiger partial charge in [-0.15, -0.1) is 0 Å². The van der Waals surface area contributed by atoms with Crippen molar-refractivity contribution in [3.8, 4) is 5.75 Å². The zero-order valence-corrected chi connectivity index (χ0v) is 21.1. The molecular formula is C27H32BrFN2O3. The van der Waals surface area contributed by atoms with Crippen molar-refractivity contribution in [2.24, 2.45) is 5.41 Å². The first-order valence-corrected chi connectivity index (χ1v) is 12.9. The van der Waals surface area contributed by atoms with E-state index in [-0.39, 0.29) is 17.6 Å². The number of rotatable bonds is 7. The number of likely N-dealkylation sites (tertiary alicyclic amines) is 2. The van der Waals surface area contributed by atoms with Gasteiger partial charge < -0.3 is 14.5 Å². The van der Waals surface area contributed by atoms with Gasteiger partial charge in [0.25, 0.3) is 0 Å². The quantitative estimate of drug-likeness (QED) is 0.493. The maximum atomic E-state index is 13.3. The van der Waals surface area contributed by atoms with Crippen LogP contribution in [-0.2, 0) is 16.0 Å². The molecule has 2 amide bonds. The molecule has 34 heavy (non-hydrogen) atoms. The zero-order chi connectivity index (χ0) is 24.0. The Morgan fingerprint density at radius 3 is 2.35 bits per heavy atom. The molecule has 2 saturated heterocycles. The normalized spacial score (nSPS) is 20.8. The number of nitrogens with zero attached hydrogens (tertiary/aromatic N) is 2. The van der Waals surface area contributed by atoms with Crippen molar-refractivity contribution >= 4 is 27.7 Å². The minimum Gasteiger partial charge on any atom is -0.493 e. The summed E-state index contributed by atoms with van der Waals surface area (Å²) >= 11 is 3.54. The molecule has 1 atom stereocenters. The Balaban J connectivity index is 1.49. The Morgan fingerprint density at radius 2 is 1.62 bits per heavy atom. The molecule has 2 aliphatic rings. The van der Waals surface area contributed by atoms with Crippen LogP contribution in [0.2, 0.25) is 0 Å². The van der Waals surface area contributed by atoms with Crippen LogP contribution in [-0.4, -0.2) is 54.4 Å². The van der Waals surface area contributed by atoms with Gasteiger partial charge in [-0.25, -0.2) is 4.39 Å². The molecule has 2 aromatic rings. The van der Waals surface area contributed by atoms with E-state index in [0.29, 0.717) is 38.3 Å². The lowest BCUT2D eigenvalue weighted by Gasteiger charge is -2.43. The Hall–Kier alpha value is -2.41. The van der Waals surface area contributed by atoms with Crippen LogP contribution >= 0.6 is 15.9 Å². The van der Waals surface area contributed by atoms with Gasteiger partial charge in [0.1, 0.15) is 11.6 Å². The molecular weight excluding hydrogens is 499 g/mol. The summed E-state index contributed by atoms with van der Waals surface area (Å²) in [6.07, 6.45) is 5.56. The van der Waals surface area contributed by atoms with Crippen molar-refractivity contribution < 1.29 is 18.7 Å². The van der Waals surface area contributed by atoms with Crippen LogP contribution in [0.25, 0.3) is 0 Å². The van der Waals surface area contributed by atoms with Crippen LogP contribution in [0.5, 0.6) is 5.75 Å². The Kier molecular flexibility index (Phi) is 8.24. The fraction of sp³-hybridized carbons (Fsp3) is 0.481. The van der Waals surface area contributed by atoms with Gasteiger partial charge >= 0.3 is 0 Å². The predicted molar refractivity (Wildman–Crippen MR) is 133 cm³/mol. The molecule has 182 valence electrons. The summed E-state index contributed by atoms with van der Waals surface area (Å²) in [6, 6.07) is 13.7. The van der Waals surface area contributed by atoms with E-state index in [9.17, 15) is 14.0 Å². The molecule has 4 rings (SSSR count). The van der Waals surface area contributed by atoms with E-state index < -0.39 is 5.41 Å². The fourth-order valence-corrected chi connectivity index (χ4v) is 5.42. The highest BCUT2D eigenvalue weighted by Gasteiger charge is 2.41. The third kappa shape index (κ3) is 6.38. The van der Waals surface area contributed by atoms with E-state index in [1.165, 1.54) is 18.6 Å². The topological polar surface area (TPSA) is 49.9 Å². The molecule has 0 N–H and O–H groups in total. The number of carbonyl (C=O) groups excluding carboxylic acids is 2. The molecule has 0 radical (unpaired) electrons. The first-order valence-electron chi connectivity index (χ1n) is 12.1. The summed E-state index contributed by atoms with van der Waals surface area (Å²) in [7, 11) is 0. The number of piperidine rings is 2. The minimum atomic E-state index is -0.468. The van der Waals surface area contributed by atoms with Gasteiger partial charge in [0.2, 0.25) is 11.8 Å². The number of ether oxygens (including phenoxy) is 1. The van der Waals surface area contributed by atoms with Gasteiger partial charge in [0.15, 0.2) is 0 Å². The SMILES string of the molecule is O=C(C[C@@]1(COc2ccc(F)cc2)CCCN(C(=O)Cc2ccccc2Br)C1)N1CCCCC1. The second-order valence-corrected chi connectivity index (χ2v) is 10.4. The molecule has 2 aromatic carbocycles. The van der Waals surface area contributed by atoms with Gasteiger partial charge in [-0.3, -0.25) is 9.59 Å². The second kappa shape index (κ2) is 11.3. The van der Waals surface area contributed by atoms with Crippen LogP contribution in [0.1, 0.15) is 44.1 Å². The van der Waals surface area contributed by atoms with Gasteiger partial charge in [0.05, 0.1) is 13.0 Å². The van der Waals surface area contributed by atoms with Gasteiger partial charge in [0, 0.05) is 42.5 Å². The molecule has 0 bridgehead atoms. The van der Waals surface area contributed by atoms with E-state index in [1.54, 1.807) is 12.1 Å². The molecule has 0 saturated carbocycles. The van der Waals surface area contributed by atoms with Crippen molar-refractivity contribution in [2.75, 3.05) is 32.8 Å². The van der Waals surface area contributed by atoms with Crippen LogP contribution in [0.3, 0.4) is 0 Å². The molecule has 2 aliphatic heterocycles. The largest absolute Gasteiger partial charge is 0.493 e. The van der Waals surface area contributed by atoms with E-state index in [4.69, 9.17) is 4.74 Å². The first kappa shape index (κ1) is 24.7. The molecule has 7 heteroatoms. The van der Waals surface area contributed by atoms with E-state index in [2.05, 4.69) is 15.9 Å². The number of hydrogen-bond donors (Lipinski definition) is 0. The number of hydrogen-bond acceptors (Lipinski definition) is 3. The van der Waals surface area contributed by atoms with Gasteiger partial charge in [-0.1, -0.05) is 34.1 Å². The molecule has 0 aliphatic carbocycles. The smallest absolute Gasteiger partial charge is 0.227 e. The Labute approximate surface area is 209 Å². The third-order valence-corrected chi connectivity index (χ3v) is 7.68. The zero-order valence-electron chi connectivity index (χ0n) is 19.5. The standard InChI is InChI=1S/C27H32BrFN2O3/c28-24-8-3-2-7-21(24)17-25(32)31-16-6-13-27(19-31,18-26(33)30-14-4-1-5-15-30)20-34-23-11-9-22(29)10-12-23/h2-3,7-12H,1,4-6,13-20H2/t27-/m0/s1. The van der Waals surface area contributed by atoms with Crippen molar-refractivity contribution in [2.45, 2.75) is 44.9 Å². The summed E-state index contributed by atoms with van der Waals surface area (Å²) in [5.74, 6) is 0.456. The fourth-order valence-electron chi connectivity index (χ4n) is 4.99. The van der Waals surface area contributed by atoms with Crippen molar-refractivity contribution in [1.82, 2.24) is 9.80 Å². The highest BCUT2D eigenvalue weighted by molar-refractivity contribution is 9.10. The van der Waals surface area contributed by atoms with Crippen LogP contribution < -0.4 is 4.74 Å². The maximum absolute atomic E-state index is 13.3. The number of benzene rings is 2. The van der Waals surface area contributed by atoms with Crippen LogP contribution in [0.15, 0.2) is 53.0 Å². The number of carbonyl (C=O) groups is 2. The highest BCUT2D eigenvalue weighted by atomic mass is 79.9. The van der Waals surface area contributed by atoms with E-state index in [1.807, 2.05) is 34.1 Å². The predicted octanol–water partition coefficient (Wildman–Crippen LogP) is 5.22.